The molecule has 3 heterocycles. The van der Waals surface area contributed by atoms with Crippen LogP contribution in [0.2, 0.25) is 0 Å². The van der Waals surface area contributed by atoms with Crippen LogP contribution in [0.4, 0.5) is 0 Å². The lowest BCUT2D eigenvalue weighted by Crippen LogP contribution is -2.66. The molecule has 3 aliphatic rings. The van der Waals surface area contributed by atoms with Crippen LogP contribution in [0.1, 0.15) is 232 Å². The number of rotatable bonds is 52. The van der Waals surface area contributed by atoms with Crippen molar-refractivity contribution in [2.24, 2.45) is 0 Å². The third kappa shape index (κ3) is 33.8. The van der Waals surface area contributed by atoms with E-state index in [-0.39, 0.29) is 18.9 Å². The summed E-state index contributed by atoms with van der Waals surface area (Å²) in [5.74, 6) is -0.289. The minimum atomic E-state index is -1.98. The van der Waals surface area contributed by atoms with Crippen molar-refractivity contribution in [3.8, 4) is 0 Å². The van der Waals surface area contributed by atoms with E-state index in [2.05, 4.69) is 79.9 Å². The summed E-state index contributed by atoms with van der Waals surface area (Å²) in [7, 11) is 0. The Morgan fingerprint density at radius 1 is 0.416 bits per heavy atom. The molecular weight excluding hydrogens is 1140 g/mol. The first-order chi connectivity index (χ1) is 43.3. The van der Waals surface area contributed by atoms with E-state index in [9.17, 15) is 61.0 Å². The van der Waals surface area contributed by atoms with E-state index in [1.54, 1.807) is 6.08 Å². The zero-order valence-corrected chi connectivity index (χ0v) is 54.4. The van der Waals surface area contributed by atoms with Crippen molar-refractivity contribution in [2.75, 3.05) is 26.4 Å². The van der Waals surface area contributed by atoms with Crippen LogP contribution < -0.4 is 5.32 Å². The molecule has 3 rings (SSSR count). The van der Waals surface area contributed by atoms with Crippen LogP contribution in [0.15, 0.2) is 72.9 Å². The minimum absolute atomic E-state index is 0.230. The van der Waals surface area contributed by atoms with E-state index in [4.69, 9.17) is 28.4 Å². The number of aliphatic hydroxyl groups is 11. The topological polar surface area (TPSA) is 307 Å². The van der Waals surface area contributed by atoms with E-state index in [1.165, 1.54) is 122 Å². The minimum Gasteiger partial charge on any atom is -0.394 e. The number of carbonyl (C=O) groups is 1. The van der Waals surface area contributed by atoms with Gasteiger partial charge in [-0.3, -0.25) is 4.79 Å². The standard InChI is InChI=1S/C70H123NO18/c1-3-5-7-9-11-13-15-17-19-21-23-24-25-26-27-28-30-32-34-36-38-40-42-44-46-48-58(76)71-53(54(75)47-45-43-41-39-37-35-33-31-29-22-20-18-16-14-12-10-8-6-4-2)52-84-68-64(82)61(79)66(56(50-73)86-68)89-70-65(83)62(80)67(57(51-74)87-70)88-69-63(81)60(78)59(77)55(49-72)85-69/h5,7,11,13,17,19,23-24,37,39,45,47,53-57,59-70,72-75,77-83H,3-4,6,8-10,12,14-16,18,20-22,25-36,38,40-44,46,48-52H2,1-2H3,(H,71,76)/b7-5-,13-11-,19-17-,24-23-,39-37+,47-45+. The van der Waals surface area contributed by atoms with Crippen LogP contribution >= 0.6 is 0 Å². The molecule has 0 radical (unpaired) electrons. The van der Waals surface area contributed by atoms with Crippen molar-refractivity contribution in [1.29, 1.82) is 0 Å². The summed E-state index contributed by atoms with van der Waals surface area (Å²) in [4.78, 5) is 13.4. The quantitative estimate of drug-likeness (QED) is 0.0200. The summed E-state index contributed by atoms with van der Waals surface area (Å²) in [6.07, 6.45) is 37.3. The lowest BCUT2D eigenvalue weighted by molar-refractivity contribution is -0.379. The second-order valence-electron chi connectivity index (χ2n) is 24.6. The number of carbonyl (C=O) groups excluding carboxylic acids is 1. The first-order valence-electron chi connectivity index (χ1n) is 34.7. The maximum atomic E-state index is 13.4. The Balaban J connectivity index is 1.45. The number of hydrogen-bond donors (Lipinski definition) is 12. The Morgan fingerprint density at radius 3 is 1.26 bits per heavy atom. The van der Waals surface area contributed by atoms with Crippen molar-refractivity contribution < 1.29 is 89.4 Å². The van der Waals surface area contributed by atoms with Gasteiger partial charge in [-0.05, 0) is 70.6 Å². The molecule has 3 aliphatic heterocycles. The van der Waals surface area contributed by atoms with Crippen molar-refractivity contribution >= 4 is 5.91 Å². The van der Waals surface area contributed by atoms with E-state index in [1.807, 2.05) is 6.08 Å². The van der Waals surface area contributed by atoms with Crippen molar-refractivity contribution in [1.82, 2.24) is 5.32 Å². The molecule has 1 amide bonds. The van der Waals surface area contributed by atoms with Gasteiger partial charge in [0.1, 0.15) is 73.2 Å². The fraction of sp³-hybridized carbons (Fsp3) is 0.814. The van der Waals surface area contributed by atoms with Crippen LogP contribution in [0.3, 0.4) is 0 Å². The molecule has 3 saturated heterocycles. The highest BCUT2D eigenvalue weighted by Crippen LogP contribution is 2.33. The average Bonchev–Trinajstić information content (AvgIpc) is 2.44. The molecule has 19 heteroatoms. The number of nitrogens with one attached hydrogen (secondary N) is 1. The van der Waals surface area contributed by atoms with Gasteiger partial charge in [0.05, 0.1) is 38.6 Å². The van der Waals surface area contributed by atoms with Gasteiger partial charge >= 0.3 is 0 Å². The Kier molecular flexibility index (Phi) is 46.7. The molecule has 12 N–H and O–H groups in total. The molecule has 3 fully saturated rings. The molecule has 89 heavy (non-hydrogen) atoms. The van der Waals surface area contributed by atoms with E-state index in [0.29, 0.717) is 12.8 Å². The molecule has 0 bridgehead atoms. The van der Waals surface area contributed by atoms with E-state index < -0.39 is 124 Å². The Labute approximate surface area is 534 Å². The van der Waals surface area contributed by atoms with Gasteiger partial charge in [0, 0.05) is 6.42 Å². The van der Waals surface area contributed by atoms with E-state index >= 15 is 0 Å². The number of unbranched alkanes of at least 4 members (excludes halogenated alkanes) is 26. The highest BCUT2D eigenvalue weighted by Gasteiger charge is 2.53. The molecule has 0 spiro atoms. The average molecular weight is 1270 g/mol. The number of amides is 1. The zero-order valence-electron chi connectivity index (χ0n) is 54.4. The number of aliphatic hydroxyl groups excluding tert-OH is 11. The molecule has 0 aromatic rings. The van der Waals surface area contributed by atoms with Gasteiger partial charge in [0.25, 0.3) is 0 Å². The lowest BCUT2D eigenvalue weighted by atomic mass is 9.96. The highest BCUT2D eigenvalue weighted by atomic mass is 16.8. The van der Waals surface area contributed by atoms with Gasteiger partial charge in [-0.2, -0.15) is 0 Å². The third-order valence-electron chi connectivity index (χ3n) is 17.0. The largest absolute Gasteiger partial charge is 0.394 e. The molecule has 0 aromatic heterocycles. The summed E-state index contributed by atoms with van der Waals surface area (Å²) in [5, 5.41) is 120. The normalized spacial score (nSPS) is 28.7. The Bertz CT molecular complexity index is 1900. The Hall–Kier alpha value is -2.77. The number of allylic oxidation sites excluding steroid dienone is 11. The number of ether oxygens (including phenoxy) is 6. The maximum absolute atomic E-state index is 13.4. The van der Waals surface area contributed by atoms with Gasteiger partial charge in [-0.15, -0.1) is 0 Å². The molecule has 516 valence electrons. The summed E-state index contributed by atoms with van der Waals surface area (Å²) < 4.78 is 34.3. The number of hydrogen-bond acceptors (Lipinski definition) is 18. The van der Waals surface area contributed by atoms with E-state index in [0.717, 1.165) is 77.0 Å². The van der Waals surface area contributed by atoms with Gasteiger partial charge < -0.3 is 89.9 Å². The van der Waals surface area contributed by atoms with Gasteiger partial charge in [-0.25, -0.2) is 0 Å². The summed E-state index contributed by atoms with van der Waals surface area (Å²) in [5.41, 5.74) is 0. The lowest BCUT2D eigenvalue weighted by Gasteiger charge is -2.48. The fourth-order valence-corrected chi connectivity index (χ4v) is 11.4. The smallest absolute Gasteiger partial charge is 0.220 e. The molecular formula is C70H123NO18. The molecule has 19 nitrogen and oxygen atoms in total. The Morgan fingerprint density at radius 2 is 0.787 bits per heavy atom. The van der Waals surface area contributed by atoms with Crippen LogP contribution in [0.5, 0.6) is 0 Å². The van der Waals surface area contributed by atoms with Crippen LogP contribution in [0, 0.1) is 0 Å². The highest BCUT2D eigenvalue weighted by molar-refractivity contribution is 5.76. The van der Waals surface area contributed by atoms with Crippen molar-refractivity contribution in [3.63, 3.8) is 0 Å². The predicted molar refractivity (Wildman–Crippen MR) is 346 cm³/mol. The van der Waals surface area contributed by atoms with Gasteiger partial charge in [0.15, 0.2) is 18.9 Å². The molecule has 0 aliphatic carbocycles. The molecule has 0 saturated carbocycles. The third-order valence-corrected chi connectivity index (χ3v) is 17.0. The van der Waals surface area contributed by atoms with Gasteiger partial charge in [0.2, 0.25) is 5.91 Å². The summed E-state index contributed by atoms with van der Waals surface area (Å²) >= 11 is 0. The first-order valence-corrected chi connectivity index (χ1v) is 34.7. The predicted octanol–water partition coefficient (Wildman–Crippen LogP) is 8.94. The second kappa shape index (κ2) is 51.6. The fourth-order valence-electron chi connectivity index (χ4n) is 11.4. The van der Waals surface area contributed by atoms with Crippen molar-refractivity contribution in [2.45, 2.75) is 336 Å². The molecule has 0 aromatic carbocycles. The molecule has 17 atom stereocenters. The van der Waals surface area contributed by atoms with Crippen LogP contribution in [0.25, 0.3) is 0 Å². The van der Waals surface area contributed by atoms with Crippen LogP contribution in [-0.2, 0) is 33.2 Å². The van der Waals surface area contributed by atoms with Crippen molar-refractivity contribution in [3.05, 3.63) is 72.9 Å². The summed E-state index contributed by atoms with van der Waals surface area (Å²) in [6, 6.07) is -0.995. The summed E-state index contributed by atoms with van der Waals surface area (Å²) in [6.45, 7) is 1.60. The van der Waals surface area contributed by atoms with Gasteiger partial charge in [-0.1, -0.05) is 228 Å². The first kappa shape index (κ1) is 80.5. The molecule has 17 unspecified atom stereocenters. The monoisotopic (exact) mass is 1270 g/mol. The zero-order chi connectivity index (χ0) is 64.7. The SMILES string of the molecule is CC/C=C\C/C=C\C/C=C\C/C=C\CCCCCCCCCCCCCCC(=O)NC(COC1OC(CO)C(OC2OC(CO)C(OC3OC(CO)C(O)C(O)C3O)C(O)C2O)C(O)C1O)C(O)/C=C/CC/C=C/CCCCCCCCCCCCCCC. The maximum Gasteiger partial charge on any atom is 0.220 e. The van der Waals surface area contributed by atoms with Crippen LogP contribution in [-0.4, -0.2) is 193 Å². The second-order valence-corrected chi connectivity index (χ2v) is 24.6.